The van der Waals surface area contributed by atoms with Crippen LogP contribution in [0.2, 0.25) is 5.02 Å². The summed E-state index contributed by atoms with van der Waals surface area (Å²) in [4.78, 5) is 40.9. The number of nitrogens with zero attached hydrogens (tertiary/aromatic N) is 3. The van der Waals surface area contributed by atoms with E-state index in [-0.39, 0.29) is 12.5 Å². The molecule has 1 aliphatic heterocycles. The maximum Gasteiger partial charge on any atom is 0.336 e. The van der Waals surface area contributed by atoms with E-state index in [1.165, 1.54) is 4.57 Å². The number of morpholine rings is 1. The number of halogens is 1. The summed E-state index contributed by atoms with van der Waals surface area (Å²) in [6.45, 7) is 3.64. The van der Waals surface area contributed by atoms with Gasteiger partial charge in [-0.1, -0.05) is 29.3 Å². The van der Waals surface area contributed by atoms with E-state index in [1.54, 1.807) is 41.3 Å². The van der Waals surface area contributed by atoms with Crippen molar-refractivity contribution in [3.8, 4) is 5.69 Å². The molecule has 1 aromatic heterocycles. The van der Waals surface area contributed by atoms with E-state index < -0.39 is 11.2 Å². The molecule has 0 unspecified atom stereocenters. The minimum absolute atomic E-state index is 0.154. The first-order chi connectivity index (χ1) is 14.0. The molecule has 0 bridgehead atoms. The lowest BCUT2D eigenvalue weighted by Gasteiger charge is -2.27. The quantitative estimate of drug-likeness (QED) is 0.658. The van der Waals surface area contributed by atoms with Gasteiger partial charge in [0.2, 0.25) is 5.91 Å². The Hall–Kier alpha value is -2.90. The second-order valence-electron chi connectivity index (χ2n) is 7.00. The van der Waals surface area contributed by atoms with Crippen molar-refractivity contribution in [3.05, 3.63) is 73.9 Å². The largest absolute Gasteiger partial charge is 0.378 e. The van der Waals surface area contributed by atoms with Crippen molar-refractivity contribution in [2.24, 2.45) is 0 Å². The maximum absolute atomic E-state index is 13.3. The molecule has 2 aromatic carbocycles. The van der Waals surface area contributed by atoms with E-state index in [0.717, 1.165) is 10.1 Å². The van der Waals surface area contributed by atoms with Crippen molar-refractivity contribution >= 4 is 28.4 Å². The first-order valence-electron chi connectivity index (χ1n) is 9.33. The van der Waals surface area contributed by atoms with Gasteiger partial charge in [-0.3, -0.25) is 14.2 Å². The van der Waals surface area contributed by atoms with Crippen LogP contribution in [0.25, 0.3) is 16.6 Å². The van der Waals surface area contributed by atoms with Gasteiger partial charge < -0.3 is 9.64 Å². The van der Waals surface area contributed by atoms with Crippen LogP contribution in [-0.4, -0.2) is 46.2 Å². The average Bonchev–Trinajstić information content (AvgIpc) is 2.72. The Kier molecular flexibility index (Phi) is 5.25. The summed E-state index contributed by atoms with van der Waals surface area (Å²) >= 11 is 6.07. The third-order valence-electron chi connectivity index (χ3n) is 5.02. The fourth-order valence-electron chi connectivity index (χ4n) is 3.53. The van der Waals surface area contributed by atoms with Crippen LogP contribution in [0.4, 0.5) is 0 Å². The molecule has 0 N–H and O–H groups in total. The van der Waals surface area contributed by atoms with Crippen LogP contribution < -0.4 is 11.2 Å². The van der Waals surface area contributed by atoms with Crippen molar-refractivity contribution < 1.29 is 9.53 Å². The standard InChI is InChI=1S/C21H20ClN3O4/c1-14-5-6-18-17(11-14)20(27)25(16-4-2-3-15(22)12-16)21(28)24(18)13-19(26)23-7-9-29-10-8-23/h2-6,11-12H,7-10,13H2,1H3. The Morgan fingerprint density at radius 3 is 2.59 bits per heavy atom. The zero-order valence-corrected chi connectivity index (χ0v) is 16.7. The molecule has 0 atom stereocenters. The molecule has 2 heterocycles. The summed E-state index contributed by atoms with van der Waals surface area (Å²) in [6, 6.07) is 11.8. The molecule has 7 nitrogen and oxygen atoms in total. The van der Waals surface area contributed by atoms with Crippen LogP contribution >= 0.6 is 11.6 Å². The topological polar surface area (TPSA) is 73.5 Å². The number of aryl methyl sites for hydroxylation is 1. The summed E-state index contributed by atoms with van der Waals surface area (Å²) in [5.41, 5.74) is 0.673. The molecule has 0 saturated carbocycles. The van der Waals surface area contributed by atoms with E-state index in [9.17, 15) is 14.4 Å². The van der Waals surface area contributed by atoms with Crippen LogP contribution in [0.15, 0.2) is 52.1 Å². The predicted molar refractivity (Wildman–Crippen MR) is 111 cm³/mol. The summed E-state index contributed by atoms with van der Waals surface area (Å²) in [5.74, 6) is -0.187. The molecule has 0 radical (unpaired) electrons. The van der Waals surface area contributed by atoms with E-state index in [2.05, 4.69) is 0 Å². The average molecular weight is 414 g/mol. The van der Waals surface area contributed by atoms with Gasteiger partial charge in [0.1, 0.15) is 6.54 Å². The highest BCUT2D eigenvalue weighted by molar-refractivity contribution is 6.30. The molecule has 4 rings (SSSR count). The Morgan fingerprint density at radius 1 is 1.10 bits per heavy atom. The Bertz CT molecular complexity index is 1210. The Labute approximate surface area is 171 Å². The van der Waals surface area contributed by atoms with Gasteiger partial charge in [-0.05, 0) is 37.3 Å². The highest BCUT2D eigenvalue weighted by Gasteiger charge is 2.21. The van der Waals surface area contributed by atoms with Crippen LogP contribution in [0.1, 0.15) is 5.56 Å². The van der Waals surface area contributed by atoms with Crippen LogP contribution in [0.3, 0.4) is 0 Å². The normalized spacial score (nSPS) is 14.3. The first kappa shape index (κ1) is 19.4. The number of fused-ring (bicyclic) bond motifs is 1. The number of hydrogen-bond acceptors (Lipinski definition) is 4. The number of aromatic nitrogens is 2. The van der Waals surface area contributed by atoms with Crippen molar-refractivity contribution in [2.45, 2.75) is 13.5 Å². The summed E-state index contributed by atoms with van der Waals surface area (Å²) < 4.78 is 7.72. The smallest absolute Gasteiger partial charge is 0.336 e. The second kappa shape index (κ2) is 7.85. The van der Waals surface area contributed by atoms with Gasteiger partial charge in [-0.25, -0.2) is 9.36 Å². The highest BCUT2D eigenvalue weighted by atomic mass is 35.5. The minimum Gasteiger partial charge on any atom is -0.378 e. The van der Waals surface area contributed by atoms with Crippen LogP contribution in [0, 0.1) is 6.92 Å². The SMILES string of the molecule is Cc1ccc2c(c1)c(=O)n(-c1cccc(Cl)c1)c(=O)n2CC(=O)N1CCOCC1. The molecule has 0 aliphatic carbocycles. The van der Waals surface area contributed by atoms with Crippen LogP contribution in [-0.2, 0) is 16.1 Å². The minimum atomic E-state index is -0.574. The van der Waals surface area contributed by atoms with Crippen molar-refractivity contribution in [1.82, 2.24) is 14.0 Å². The number of carbonyl (C=O) groups excluding carboxylic acids is 1. The van der Waals surface area contributed by atoms with Crippen molar-refractivity contribution in [1.29, 1.82) is 0 Å². The zero-order chi connectivity index (χ0) is 20.5. The predicted octanol–water partition coefficient (Wildman–Crippen LogP) is 1.97. The molecule has 150 valence electrons. The number of carbonyl (C=O) groups is 1. The fraction of sp³-hybridized carbons (Fsp3) is 0.286. The molecule has 1 amide bonds. The molecule has 1 saturated heterocycles. The monoisotopic (exact) mass is 413 g/mol. The number of amides is 1. The lowest BCUT2D eigenvalue weighted by atomic mass is 10.1. The third kappa shape index (κ3) is 3.71. The number of benzene rings is 2. The van der Waals surface area contributed by atoms with Crippen molar-refractivity contribution in [3.63, 3.8) is 0 Å². The molecule has 8 heteroatoms. The summed E-state index contributed by atoms with van der Waals surface area (Å²) in [5, 5.41) is 0.786. The fourth-order valence-corrected chi connectivity index (χ4v) is 3.72. The molecule has 29 heavy (non-hydrogen) atoms. The van der Waals surface area contributed by atoms with Gasteiger partial charge in [0, 0.05) is 18.1 Å². The molecule has 1 aliphatic rings. The lowest BCUT2D eigenvalue weighted by Crippen LogP contribution is -2.45. The van der Waals surface area contributed by atoms with E-state index in [1.807, 2.05) is 13.0 Å². The molecular weight excluding hydrogens is 394 g/mol. The van der Waals surface area contributed by atoms with Gasteiger partial charge >= 0.3 is 5.69 Å². The Morgan fingerprint density at radius 2 is 1.86 bits per heavy atom. The third-order valence-corrected chi connectivity index (χ3v) is 5.26. The molecular formula is C21H20ClN3O4. The van der Waals surface area contributed by atoms with Crippen molar-refractivity contribution in [2.75, 3.05) is 26.3 Å². The number of hydrogen-bond donors (Lipinski definition) is 0. The zero-order valence-electron chi connectivity index (χ0n) is 15.9. The van der Waals surface area contributed by atoms with Gasteiger partial charge in [-0.2, -0.15) is 0 Å². The Balaban J connectivity index is 1.92. The van der Waals surface area contributed by atoms with E-state index in [4.69, 9.17) is 16.3 Å². The van der Waals surface area contributed by atoms with Gasteiger partial charge in [-0.15, -0.1) is 0 Å². The summed E-state index contributed by atoms with van der Waals surface area (Å²) in [7, 11) is 0. The maximum atomic E-state index is 13.3. The number of rotatable bonds is 3. The molecule has 0 spiro atoms. The lowest BCUT2D eigenvalue weighted by molar-refractivity contribution is -0.135. The van der Waals surface area contributed by atoms with E-state index >= 15 is 0 Å². The molecule has 3 aromatic rings. The van der Waals surface area contributed by atoms with Gasteiger partial charge in [0.05, 0.1) is 29.8 Å². The second-order valence-corrected chi connectivity index (χ2v) is 7.44. The highest BCUT2D eigenvalue weighted by Crippen LogP contribution is 2.16. The first-order valence-corrected chi connectivity index (χ1v) is 9.71. The van der Waals surface area contributed by atoms with Gasteiger partial charge in [0.25, 0.3) is 5.56 Å². The summed E-state index contributed by atoms with van der Waals surface area (Å²) in [6.07, 6.45) is 0. The van der Waals surface area contributed by atoms with Gasteiger partial charge in [0.15, 0.2) is 0 Å². The molecule has 1 fully saturated rings. The number of ether oxygens (including phenoxy) is 1. The van der Waals surface area contributed by atoms with E-state index in [0.29, 0.717) is 47.9 Å². The van der Waals surface area contributed by atoms with Crippen LogP contribution in [0.5, 0.6) is 0 Å².